The fourth-order valence-corrected chi connectivity index (χ4v) is 11.3. The van der Waals surface area contributed by atoms with Crippen molar-refractivity contribution in [3.8, 4) is 0 Å². The molecule has 5 saturated carbocycles. The molecule has 5 aliphatic carbocycles. The standard InChI is InChI=1S/C27H42O3/c1-16-5-10-27(29-14-16)17(2)22-21(30-27)13-20-18-6-9-25-15-26(25,28)12-11-24(25,4)19(18)7-8-23(20,22)3/h16-22,28H,5-15H2,1-4H3/t16?,17-,18+,19-,20-,21-,22-,23-,24+,25?,26?,27+/m0/s1. The van der Waals surface area contributed by atoms with Crippen LogP contribution in [0.5, 0.6) is 0 Å². The van der Waals surface area contributed by atoms with Crippen molar-refractivity contribution >= 4 is 0 Å². The third-order valence-electron chi connectivity index (χ3n) is 12.9. The van der Waals surface area contributed by atoms with Crippen LogP contribution in [0.2, 0.25) is 0 Å². The molecule has 12 atom stereocenters. The van der Waals surface area contributed by atoms with Gasteiger partial charge in [0.05, 0.1) is 18.3 Å². The van der Waals surface area contributed by atoms with E-state index in [0.29, 0.717) is 34.7 Å². The molecule has 168 valence electrons. The minimum atomic E-state index is -0.293. The van der Waals surface area contributed by atoms with Gasteiger partial charge in [0, 0.05) is 17.8 Å². The first-order valence-electron chi connectivity index (χ1n) is 13.2. The summed E-state index contributed by atoms with van der Waals surface area (Å²) in [6, 6.07) is 0. The smallest absolute Gasteiger partial charge is 0.171 e. The molecule has 2 spiro atoms. The molecule has 2 saturated heterocycles. The van der Waals surface area contributed by atoms with Crippen LogP contribution in [0.4, 0.5) is 0 Å². The Morgan fingerprint density at radius 1 is 0.900 bits per heavy atom. The molecule has 30 heavy (non-hydrogen) atoms. The van der Waals surface area contributed by atoms with Gasteiger partial charge in [0.2, 0.25) is 0 Å². The van der Waals surface area contributed by atoms with Crippen molar-refractivity contribution in [1.29, 1.82) is 0 Å². The monoisotopic (exact) mass is 414 g/mol. The summed E-state index contributed by atoms with van der Waals surface area (Å²) in [7, 11) is 0. The van der Waals surface area contributed by atoms with Gasteiger partial charge in [-0.2, -0.15) is 0 Å². The highest BCUT2D eigenvalue weighted by molar-refractivity contribution is 5.31. The molecule has 1 N–H and O–H groups in total. The van der Waals surface area contributed by atoms with Crippen LogP contribution in [0.25, 0.3) is 0 Å². The van der Waals surface area contributed by atoms with E-state index < -0.39 is 0 Å². The Morgan fingerprint density at radius 2 is 1.73 bits per heavy atom. The van der Waals surface area contributed by atoms with Gasteiger partial charge >= 0.3 is 0 Å². The number of ether oxygens (including phenoxy) is 2. The third-order valence-corrected chi connectivity index (χ3v) is 12.9. The van der Waals surface area contributed by atoms with E-state index >= 15 is 0 Å². The first kappa shape index (κ1) is 19.4. The fraction of sp³-hybridized carbons (Fsp3) is 1.00. The second kappa shape index (κ2) is 5.50. The maximum atomic E-state index is 11.1. The second-order valence-electron chi connectivity index (χ2n) is 13.6. The van der Waals surface area contributed by atoms with E-state index in [2.05, 4.69) is 27.7 Å². The molecule has 7 aliphatic rings. The van der Waals surface area contributed by atoms with E-state index in [1.807, 2.05) is 0 Å². The Labute approximate surface area is 182 Å². The Balaban J connectivity index is 1.18. The Bertz CT molecular complexity index is 772. The summed E-state index contributed by atoms with van der Waals surface area (Å²) in [5, 5.41) is 11.1. The Hall–Kier alpha value is -0.120. The maximum Gasteiger partial charge on any atom is 0.171 e. The number of hydrogen-bond donors (Lipinski definition) is 1. The highest BCUT2D eigenvalue weighted by Crippen LogP contribution is 2.83. The van der Waals surface area contributed by atoms with Crippen LogP contribution in [0.3, 0.4) is 0 Å². The normalized spacial score (nSPS) is 68.1. The molecule has 0 bridgehead atoms. The van der Waals surface area contributed by atoms with Crippen LogP contribution in [-0.2, 0) is 9.47 Å². The van der Waals surface area contributed by atoms with E-state index in [0.717, 1.165) is 43.6 Å². The average Bonchev–Trinajstić information content (AvgIpc) is 2.93. The van der Waals surface area contributed by atoms with Gasteiger partial charge in [-0.1, -0.05) is 27.7 Å². The van der Waals surface area contributed by atoms with Crippen LogP contribution in [-0.4, -0.2) is 29.2 Å². The first-order chi connectivity index (χ1) is 14.2. The van der Waals surface area contributed by atoms with Crippen molar-refractivity contribution in [1.82, 2.24) is 0 Å². The molecule has 2 aliphatic heterocycles. The first-order valence-corrected chi connectivity index (χ1v) is 13.2. The summed E-state index contributed by atoms with van der Waals surface area (Å²) in [5.74, 6) is 4.07. The highest BCUT2D eigenvalue weighted by Gasteiger charge is 2.81. The van der Waals surface area contributed by atoms with Crippen molar-refractivity contribution in [3.05, 3.63) is 0 Å². The minimum absolute atomic E-state index is 0.282. The van der Waals surface area contributed by atoms with Crippen molar-refractivity contribution in [3.63, 3.8) is 0 Å². The van der Waals surface area contributed by atoms with Crippen LogP contribution in [0, 0.1) is 51.8 Å². The molecule has 3 unspecified atom stereocenters. The van der Waals surface area contributed by atoms with E-state index in [1.165, 1.54) is 44.9 Å². The lowest BCUT2D eigenvalue weighted by atomic mass is 9.45. The maximum absolute atomic E-state index is 11.1. The number of fused-ring (bicyclic) bond motifs is 6. The summed E-state index contributed by atoms with van der Waals surface area (Å²) in [6.45, 7) is 10.9. The summed E-state index contributed by atoms with van der Waals surface area (Å²) >= 11 is 0. The molecule has 3 nitrogen and oxygen atoms in total. The second-order valence-corrected chi connectivity index (χ2v) is 13.6. The van der Waals surface area contributed by atoms with Gasteiger partial charge in [0.1, 0.15) is 0 Å². The SMILES string of the molecule is CC1CC[C@@]2(OC1)O[C@H]1C[C@H]3[C@@H]4CCC56CC5(O)CC[C@]6(C)[C@H]4CC[C@]3(C)[C@H]1[C@@H]2C. The molecule has 0 aromatic rings. The van der Waals surface area contributed by atoms with Gasteiger partial charge in [0.15, 0.2) is 5.79 Å². The Kier molecular flexibility index (Phi) is 3.55. The molecule has 3 heteroatoms. The van der Waals surface area contributed by atoms with Crippen molar-refractivity contribution in [2.24, 2.45) is 51.8 Å². The molecule has 0 radical (unpaired) electrons. The number of aliphatic hydroxyl groups is 1. The lowest BCUT2D eigenvalue weighted by Gasteiger charge is -2.59. The topological polar surface area (TPSA) is 38.7 Å². The lowest BCUT2D eigenvalue weighted by Crippen LogP contribution is -2.54. The average molecular weight is 415 g/mol. The predicted octanol–water partition coefficient (Wildman–Crippen LogP) is 5.55. The van der Waals surface area contributed by atoms with Crippen molar-refractivity contribution in [2.45, 2.75) is 109 Å². The molecule has 7 fully saturated rings. The minimum Gasteiger partial charge on any atom is -0.389 e. The number of rotatable bonds is 0. The van der Waals surface area contributed by atoms with Gasteiger partial charge in [-0.15, -0.1) is 0 Å². The van der Waals surface area contributed by atoms with Crippen molar-refractivity contribution < 1.29 is 14.6 Å². The quantitative estimate of drug-likeness (QED) is 0.565. The molecule has 2 heterocycles. The van der Waals surface area contributed by atoms with E-state index in [1.54, 1.807) is 0 Å². The molecule has 7 rings (SSSR count). The summed E-state index contributed by atoms with van der Waals surface area (Å²) < 4.78 is 13.4. The molecule has 0 aromatic heterocycles. The van der Waals surface area contributed by atoms with Gasteiger partial charge in [-0.05, 0) is 98.2 Å². The fourth-order valence-electron chi connectivity index (χ4n) is 11.3. The van der Waals surface area contributed by atoms with E-state index in [4.69, 9.17) is 9.47 Å². The molecule has 0 aromatic carbocycles. The highest BCUT2D eigenvalue weighted by atomic mass is 16.7. The van der Waals surface area contributed by atoms with E-state index in [-0.39, 0.29) is 16.8 Å². The number of hydrogen-bond acceptors (Lipinski definition) is 3. The Morgan fingerprint density at radius 3 is 2.47 bits per heavy atom. The summed E-state index contributed by atoms with van der Waals surface area (Å²) in [5.41, 5.74) is 0.795. The van der Waals surface area contributed by atoms with Gasteiger partial charge < -0.3 is 14.6 Å². The zero-order chi connectivity index (χ0) is 20.7. The van der Waals surface area contributed by atoms with Crippen LogP contribution < -0.4 is 0 Å². The van der Waals surface area contributed by atoms with Crippen LogP contribution >= 0.6 is 0 Å². The van der Waals surface area contributed by atoms with Crippen LogP contribution in [0.15, 0.2) is 0 Å². The van der Waals surface area contributed by atoms with E-state index in [9.17, 15) is 5.11 Å². The van der Waals surface area contributed by atoms with Gasteiger partial charge in [-0.3, -0.25) is 0 Å². The predicted molar refractivity (Wildman–Crippen MR) is 116 cm³/mol. The van der Waals surface area contributed by atoms with Crippen molar-refractivity contribution in [2.75, 3.05) is 6.61 Å². The zero-order valence-electron chi connectivity index (χ0n) is 19.6. The largest absolute Gasteiger partial charge is 0.389 e. The lowest BCUT2D eigenvalue weighted by molar-refractivity contribution is -0.273. The zero-order valence-corrected chi connectivity index (χ0v) is 19.6. The molecular weight excluding hydrogens is 372 g/mol. The molecular formula is C27H42O3. The third kappa shape index (κ3) is 1.94. The van der Waals surface area contributed by atoms with Gasteiger partial charge in [-0.25, -0.2) is 0 Å². The van der Waals surface area contributed by atoms with Gasteiger partial charge in [0.25, 0.3) is 0 Å². The summed E-state index contributed by atoms with van der Waals surface area (Å²) in [4.78, 5) is 0. The van der Waals surface area contributed by atoms with Crippen LogP contribution in [0.1, 0.15) is 91.9 Å². The summed E-state index contributed by atoms with van der Waals surface area (Å²) in [6.07, 6.45) is 12.8. The molecule has 0 amide bonds.